The summed E-state index contributed by atoms with van der Waals surface area (Å²) in [6.45, 7) is 14.1. The molecule has 1 fully saturated rings. The number of nitrogens with zero attached hydrogens (tertiary/aromatic N) is 1. The molecule has 5 nitrogen and oxygen atoms in total. The summed E-state index contributed by atoms with van der Waals surface area (Å²) in [6.07, 6.45) is 5.76. The average molecular weight is 332 g/mol. The monoisotopic (exact) mass is 332 g/mol. The van der Waals surface area contributed by atoms with Gasteiger partial charge in [0, 0.05) is 19.0 Å². The number of hydrogen-bond acceptors (Lipinski definition) is 3. The van der Waals surface area contributed by atoms with Crippen molar-refractivity contribution in [3.8, 4) is 0 Å². The summed E-state index contributed by atoms with van der Waals surface area (Å²) in [5.74, 6) is 0.236. The highest BCUT2D eigenvalue weighted by Gasteiger charge is 2.34. The first-order valence-corrected chi connectivity index (χ1v) is 8.49. The lowest BCUT2D eigenvalue weighted by Gasteiger charge is -2.38. The lowest BCUT2D eigenvalue weighted by molar-refractivity contribution is -0.122. The highest BCUT2D eigenvalue weighted by Crippen LogP contribution is 2.29. The van der Waals surface area contributed by atoms with E-state index in [1.807, 2.05) is 20.8 Å². The maximum atomic E-state index is 12.6. The quantitative estimate of drug-likeness (QED) is 0.841. The van der Waals surface area contributed by atoms with Gasteiger partial charge in [0.05, 0.1) is 6.04 Å². The third-order valence-corrected chi connectivity index (χ3v) is 4.23. The van der Waals surface area contributed by atoms with Crippen molar-refractivity contribution in [3.05, 3.63) is 36.5 Å². The topological polar surface area (TPSA) is 58.6 Å². The van der Waals surface area contributed by atoms with E-state index in [0.29, 0.717) is 19.5 Å². The Bertz CT molecular complexity index is 568. The van der Waals surface area contributed by atoms with Gasteiger partial charge in [0.2, 0.25) is 5.91 Å². The Hall–Kier alpha value is -2.04. The zero-order chi connectivity index (χ0) is 17.9. The van der Waals surface area contributed by atoms with E-state index < -0.39 is 5.60 Å². The number of carbonyl (C=O) groups excluding carboxylic acids is 2. The molecule has 1 aliphatic heterocycles. The first-order valence-electron chi connectivity index (χ1n) is 8.49. The summed E-state index contributed by atoms with van der Waals surface area (Å²) < 4.78 is 5.53. The largest absolute Gasteiger partial charge is 0.444 e. The van der Waals surface area contributed by atoms with E-state index in [2.05, 4.69) is 18.5 Å². The highest BCUT2D eigenvalue weighted by molar-refractivity contribution is 5.81. The molecule has 0 aromatic rings. The number of hydrogen-bond donors (Lipinski definition) is 1. The Balaban J connectivity index is 2.13. The summed E-state index contributed by atoms with van der Waals surface area (Å²) >= 11 is 0. The average Bonchev–Trinajstić information content (AvgIpc) is 3.34. The summed E-state index contributed by atoms with van der Waals surface area (Å²) in [6, 6.07) is -0.140. The van der Waals surface area contributed by atoms with E-state index in [9.17, 15) is 9.59 Å². The summed E-state index contributed by atoms with van der Waals surface area (Å²) in [4.78, 5) is 26.2. The Morgan fingerprint density at radius 3 is 2.38 bits per heavy atom. The van der Waals surface area contributed by atoms with Crippen LogP contribution in [0.1, 0.15) is 40.0 Å². The Kier molecular flexibility index (Phi) is 5.52. The maximum absolute atomic E-state index is 12.6. The van der Waals surface area contributed by atoms with E-state index in [-0.39, 0.29) is 24.0 Å². The van der Waals surface area contributed by atoms with Gasteiger partial charge in [0.1, 0.15) is 5.60 Å². The van der Waals surface area contributed by atoms with Gasteiger partial charge in [-0.1, -0.05) is 25.3 Å². The van der Waals surface area contributed by atoms with Crippen molar-refractivity contribution in [2.45, 2.75) is 51.7 Å². The molecule has 0 saturated heterocycles. The van der Waals surface area contributed by atoms with Crippen molar-refractivity contribution in [3.63, 3.8) is 0 Å². The highest BCUT2D eigenvalue weighted by atomic mass is 16.6. The standard InChI is InChI=1S/C19H28N2O3/c1-6-13-10-16(11-20-17(22)15-8-9-15)21(12-14(13)7-2)18(23)24-19(3,4)5/h6-7,15-16H,1-2,8-12H2,3-5H3,(H,20,22). The van der Waals surface area contributed by atoms with Crippen LogP contribution in [-0.4, -0.2) is 41.6 Å². The van der Waals surface area contributed by atoms with Crippen LogP contribution >= 0.6 is 0 Å². The molecule has 1 saturated carbocycles. The second-order valence-corrected chi connectivity index (χ2v) is 7.44. The van der Waals surface area contributed by atoms with Crippen LogP contribution in [0.25, 0.3) is 0 Å². The SMILES string of the molecule is C=CC1=C(C=C)CN(C(=O)OC(C)(C)C)C(CNC(=O)C2CC2)C1. The van der Waals surface area contributed by atoms with Gasteiger partial charge in [-0.15, -0.1) is 0 Å². The summed E-state index contributed by atoms with van der Waals surface area (Å²) in [7, 11) is 0. The number of carbonyl (C=O) groups is 2. The van der Waals surface area contributed by atoms with Crippen molar-refractivity contribution in [1.82, 2.24) is 10.2 Å². The van der Waals surface area contributed by atoms with Crippen molar-refractivity contribution in [1.29, 1.82) is 0 Å². The predicted octanol–water partition coefficient (Wildman–Crippen LogP) is 3.19. The first-order chi connectivity index (χ1) is 11.2. The van der Waals surface area contributed by atoms with Gasteiger partial charge in [-0.05, 0) is 51.2 Å². The molecule has 1 aliphatic carbocycles. The van der Waals surface area contributed by atoms with Gasteiger partial charge in [-0.2, -0.15) is 0 Å². The van der Waals surface area contributed by atoms with Crippen LogP contribution in [0.5, 0.6) is 0 Å². The minimum Gasteiger partial charge on any atom is -0.444 e. The minimum atomic E-state index is -0.560. The zero-order valence-electron chi connectivity index (χ0n) is 14.9. The Labute approximate surface area is 144 Å². The molecule has 132 valence electrons. The number of amides is 2. The molecule has 2 amide bonds. The van der Waals surface area contributed by atoms with E-state index in [0.717, 1.165) is 24.0 Å². The van der Waals surface area contributed by atoms with Gasteiger partial charge in [-0.3, -0.25) is 9.69 Å². The van der Waals surface area contributed by atoms with E-state index in [1.165, 1.54) is 0 Å². The molecule has 0 aromatic heterocycles. The van der Waals surface area contributed by atoms with Crippen molar-refractivity contribution < 1.29 is 14.3 Å². The number of nitrogens with one attached hydrogen (secondary N) is 1. The van der Waals surface area contributed by atoms with Crippen LogP contribution in [0.4, 0.5) is 4.79 Å². The van der Waals surface area contributed by atoms with Crippen molar-refractivity contribution in [2.75, 3.05) is 13.1 Å². The van der Waals surface area contributed by atoms with Crippen LogP contribution in [0.2, 0.25) is 0 Å². The van der Waals surface area contributed by atoms with Crippen LogP contribution < -0.4 is 5.32 Å². The lowest BCUT2D eigenvalue weighted by Crippen LogP contribution is -2.51. The molecule has 2 aliphatic rings. The maximum Gasteiger partial charge on any atom is 0.410 e. The summed E-state index contributed by atoms with van der Waals surface area (Å²) in [5, 5.41) is 2.97. The second-order valence-electron chi connectivity index (χ2n) is 7.44. The van der Waals surface area contributed by atoms with Gasteiger partial charge >= 0.3 is 6.09 Å². The minimum absolute atomic E-state index is 0.0813. The van der Waals surface area contributed by atoms with Crippen LogP contribution in [0.3, 0.4) is 0 Å². The van der Waals surface area contributed by atoms with E-state index in [1.54, 1.807) is 17.1 Å². The molecule has 1 N–H and O–H groups in total. The van der Waals surface area contributed by atoms with Crippen molar-refractivity contribution in [2.24, 2.45) is 5.92 Å². The van der Waals surface area contributed by atoms with Gasteiger partial charge < -0.3 is 10.1 Å². The number of ether oxygens (including phenoxy) is 1. The molecule has 1 unspecified atom stereocenters. The molecular weight excluding hydrogens is 304 g/mol. The first kappa shape index (κ1) is 18.3. The normalized spacial score (nSPS) is 21.3. The Morgan fingerprint density at radius 2 is 1.88 bits per heavy atom. The predicted molar refractivity (Wildman–Crippen MR) is 94.5 cm³/mol. The molecule has 1 heterocycles. The van der Waals surface area contributed by atoms with Gasteiger partial charge in [0.25, 0.3) is 0 Å². The molecule has 0 bridgehead atoms. The molecule has 24 heavy (non-hydrogen) atoms. The summed E-state index contributed by atoms with van der Waals surface area (Å²) in [5.41, 5.74) is 1.48. The zero-order valence-corrected chi connectivity index (χ0v) is 14.9. The molecular formula is C19H28N2O3. The number of rotatable bonds is 5. The van der Waals surface area contributed by atoms with E-state index >= 15 is 0 Å². The van der Waals surface area contributed by atoms with Gasteiger partial charge in [0.15, 0.2) is 0 Å². The molecule has 0 radical (unpaired) electrons. The van der Waals surface area contributed by atoms with Gasteiger partial charge in [-0.25, -0.2) is 4.79 Å². The van der Waals surface area contributed by atoms with Crippen molar-refractivity contribution >= 4 is 12.0 Å². The molecule has 1 atom stereocenters. The number of allylic oxidation sites excluding steroid dienone is 1. The lowest BCUT2D eigenvalue weighted by atomic mass is 9.94. The fourth-order valence-corrected chi connectivity index (χ4v) is 2.74. The third-order valence-electron chi connectivity index (χ3n) is 4.23. The third kappa shape index (κ3) is 4.73. The molecule has 0 spiro atoms. The molecule has 5 heteroatoms. The van der Waals surface area contributed by atoms with E-state index in [4.69, 9.17) is 4.74 Å². The molecule has 2 rings (SSSR count). The fraction of sp³-hybridized carbons (Fsp3) is 0.579. The molecule has 0 aromatic carbocycles. The Morgan fingerprint density at radius 1 is 1.25 bits per heavy atom. The van der Waals surface area contributed by atoms with Crippen LogP contribution in [0, 0.1) is 5.92 Å². The second kappa shape index (κ2) is 7.24. The van der Waals surface area contributed by atoms with Crippen LogP contribution in [0.15, 0.2) is 36.5 Å². The fourth-order valence-electron chi connectivity index (χ4n) is 2.74. The van der Waals surface area contributed by atoms with Crippen LogP contribution in [-0.2, 0) is 9.53 Å². The smallest absolute Gasteiger partial charge is 0.410 e.